The zero-order chi connectivity index (χ0) is 17.3. The van der Waals surface area contributed by atoms with Gasteiger partial charge in [-0.25, -0.2) is 17.7 Å². The van der Waals surface area contributed by atoms with Gasteiger partial charge in [-0.05, 0) is 25.5 Å². The number of thiophene rings is 1. The highest BCUT2D eigenvalue weighted by Crippen LogP contribution is 2.24. The summed E-state index contributed by atoms with van der Waals surface area (Å²) in [5.74, 6) is 0.772. The molecule has 1 heterocycles. The van der Waals surface area contributed by atoms with Gasteiger partial charge in [-0.1, -0.05) is 19.8 Å². The molecule has 1 rings (SSSR count). The van der Waals surface area contributed by atoms with Crippen LogP contribution in [0, 0.1) is 0 Å². The molecule has 0 aliphatic heterocycles. The minimum absolute atomic E-state index is 0.355. The number of aliphatic imine (C=N–C) groups is 1. The van der Waals surface area contributed by atoms with Crippen molar-refractivity contribution in [2.75, 3.05) is 27.2 Å². The third-order valence-corrected chi connectivity index (χ3v) is 6.53. The van der Waals surface area contributed by atoms with Gasteiger partial charge < -0.3 is 10.6 Å². The monoisotopic (exact) mass is 360 g/mol. The number of sulfonamides is 1. The lowest BCUT2D eigenvalue weighted by atomic mass is 10.2. The van der Waals surface area contributed by atoms with Gasteiger partial charge in [0, 0.05) is 32.1 Å². The van der Waals surface area contributed by atoms with Crippen LogP contribution in [0.1, 0.15) is 38.0 Å². The fourth-order valence-electron chi connectivity index (χ4n) is 1.84. The molecule has 23 heavy (non-hydrogen) atoms. The maximum atomic E-state index is 12.1. The highest BCUT2D eigenvalue weighted by Gasteiger charge is 2.19. The second kappa shape index (κ2) is 9.89. The van der Waals surface area contributed by atoms with Crippen molar-refractivity contribution in [3.63, 3.8) is 0 Å². The third-order valence-electron chi connectivity index (χ3n) is 3.18. The Morgan fingerprint density at radius 2 is 1.96 bits per heavy atom. The average Bonchev–Trinajstić information content (AvgIpc) is 2.98. The largest absolute Gasteiger partial charge is 0.357 e. The van der Waals surface area contributed by atoms with Crippen LogP contribution in [-0.2, 0) is 16.6 Å². The summed E-state index contributed by atoms with van der Waals surface area (Å²) in [7, 11) is -0.277. The molecule has 132 valence electrons. The second-order valence-corrected chi connectivity index (χ2v) is 8.88. The molecule has 1 aromatic rings. The van der Waals surface area contributed by atoms with Gasteiger partial charge in [-0.3, -0.25) is 0 Å². The van der Waals surface area contributed by atoms with E-state index in [4.69, 9.17) is 0 Å². The van der Waals surface area contributed by atoms with Crippen molar-refractivity contribution >= 4 is 27.3 Å². The quantitative estimate of drug-likeness (QED) is 0.402. The Labute approximate surface area is 144 Å². The molecule has 6 nitrogen and oxygen atoms in total. The van der Waals surface area contributed by atoms with E-state index < -0.39 is 10.0 Å². The van der Waals surface area contributed by atoms with Crippen molar-refractivity contribution in [2.45, 2.75) is 43.9 Å². The van der Waals surface area contributed by atoms with Crippen LogP contribution < -0.4 is 10.6 Å². The molecule has 0 saturated heterocycles. The Bertz CT molecular complexity index is 594. The highest BCUT2D eigenvalue weighted by molar-refractivity contribution is 7.91. The van der Waals surface area contributed by atoms with E-state index in [9.17, 15) is 8.42 Å². The molecule has 0 fully saturated rings. The lowest BCUT2D eigenvalue weighted by Gasteiger charge is -2.10. The molecule has 8 heteroatoms. The van der Waals surface area contributed by atoms with Crippen LogP contribution in [-0.4, -0.2) is 45.9 Å². The van der Waals surface area contributed by atoms with Crippen LogP contribution >= 0.6 is 11.3 Å². The molecule has 2 N–H and O–H groups in total. The van der Waals surface area contributed by atoms with Crippen LogP contribution in [0.25, 0.3) is 0 Å². The normalized spacial score (nSPS) is 12.7. The number of nitrogens with zero attached hydrogens (tertiary/aromatic N) is 2. The molecule has 0 radical (unpaired) electrons. The highest BCUT2D eigenvalue weighted by atomic mass is 32.2. The number of rotatable bonds is 9. The van der Waals surface area contributed by atoms with E-state index in [1.54, 1.807) is 6.07 Å². The predicted octanol–water partition coefficient (Wildman–Crippen LogP) is 2.24. The van der Waals surface area contributed by atoms with Gasteiger partial charge in [-0.15, -0.1) is 11.3 Å². The molecule has 0 aromatic carbocycles. The van der Waals surface area contributed by atoms with Crippen LogP contribution in [0.3, 0.4) is 0 Å². The van der Waals surface area contributed by atoms with Gasteiger partial charge in [0.2, 0.25) is 0 Å². The van der Waals surface area contributed by atoms with Crippen molar-refractivity contribution in [3.8, 4) is 0 Å². The van der Waals surface area contributed by atoms with Gasteiger partial charge in [0.1, 0.15) is 4.21 Å². The zero-order valence-corrected chi connectivity index (χ0v) is 16.1. The molecule has 0 spiro atoms. The van der Waals surface area contributed by atoms with E-state index in [0.717, 1.165) is 30.3 Å². The van der Waals surface area contributed by atoms with Crippen molar-refractivity contribution in [1.29, 1.82) is 0 Å². The molecule has 0 amide bonds. The smallest absolute Gasteiger partial charge is 0.252 e. The fraction of sp³-hybridized carbons (Fsp3) is 0.667. The number of hydrogen-bond acceptors (Lipinski definition) is 4. The summed E-state index contributed by atoms with van der Waals surface area (Å²) in [5.41, 5.74) is 0. The van der Waals surface area contributed by atoms with E-state index in [-0.39, 0.29) is 0 Å². The topological polar surface area (TPSA) is 73.8 Å². The van der Waals surface area contributed by atoms with Crippen molar-refractivity contribution < 1.29 is 8.42 Å². The van der Waals surface area contributed by atoms with E-state index in [2.05, 4.69) is 22.5 Å². The number of hydrogen-bond donors (Lipinski definition) is 2. The molecular formula is C15H28N4O2S2. The minimum Gasteiger partial charge on any atom is -0.357 e. The lowest BCUT2D eigenvalue weighted by molar-refractivity contribution is 0.523. The van der Waals surface area contributed by atoms with E-state index >= 15 is 0 Å². The predicted molar refractivity (Wildman–Crippen MR) is 97.5 cm³/mol. The Morgan fingerprint density at radius 1 is 1.22 bits per heavy atom. The summed E-state index contributed by atoms with van der Waals surface area (Å²) in [6.07, 6.45) is 3.50. The van der Waals surface area contributed by atoms with Gasteiger partial charge in [0.05, 0.1) is 6.54 Å². The van der Waals surface area contributed by atoms with Crippen LogP contribution in [0.2, 0.25) is 0 Å². The molecule has 0 aliphatic carbocycles. The van der Waals surface area contributed by atoms with E-state index in [1.807, 2.05) is 13.0 Å². The molecule has 0 bridgehead atoms. The second-order valence-electron chi connectivity index (χ2n) is 5.34. The summed E-state index contributed by atoms with van der Waals surface area (Å²) in [4.78, 5) is 5.45. The lowest BCUT2D eigenvalue weighted by Crippen LogP contribution is -2.37. The van der Waals surface area contributed by atoms with Gasteiger partial charge >= 0.3 is 0 Å². The first-order valence-electron chi connectivity index (χ1n) is 7.95. The minimum atomic E-state index is -3.35. The first-order chi connectivity index (χ1) is 10.9. The SMILES string of the molecule is CCCCCNC(=NCc1ccc(S(=O)(=O)N(C)C)s1)NCC. The summed E-state index contributed by atoms with van der Waals surface area (Å²) in [6.45, 7) is 6.36. The average molecular weight is 361 g/mol. The van der Waals surface area contributed by atoms with Crippen LogP contribution in [0.15, 0.2) is 21.3 Å². The first-order valence-corrected chi connectivity index (χ1v) is 10.2. The molecule has 0 atom stereocenters. The summed E-state index contributed by atoms with van der Waals surface area (Å²) >= 11 is 1.27. The summed E-state index contributed by atoms with van der Waals surface area (Å²) in [6, 6.07) is 3.47. The molecule has 1 aromatic heterocycles. The summed E-state index contributed by atoms with van der Waals surface area (Å²) < 4.78 is 25.7. The Morgan fingerprint density at radius 3 is 2.57 bits per heavy atom. The van der Waals surface area contributed by atoms with Crippen LogP contribution in [0.4, 0.5) is 0 Å². The van der Waals surface area contributed by atoms with Gasteiger partial charge in [-0.2, -0.15) is 0 Å². The zero-order valence-electron chi connectivity index (χ0n) is 14.4. The van der Waals surface area contributed by atoms with Gasteiger partial charge in [0.25, 0.3) is 10.0 Å². The Kier molecular flexibility index (Phi) is 8.57. The maximum Gasteiger partial charge on any atom is 0.252 e. The number of unbranched alkanes of at least 4 members (excludes halogenated alkanes) is 2. The van der Waals surface area contributed by atoms with E-state index in [0.29, 0.717) is 10.8 Å². The Hall–Kier alpha value is -1.12. The maximum absolute atomic E-state index is 12.1. The molecule has 0 aliphatic rings. The van der Waals surface area contributed by atoms with Crippen molar-refractivity contribution in [1.82, 2.24) is 14.9 Å². The van der Waals surface area contributed by atoms with E-state index in [1.165, 1.54) is 42.6 Å². The fourth-order valence-corrected chi connectivity index (χ4v) is 4.29. The molecule has 0 saturated carbocycles. The standard InChI is InChI=1S/C15H28N4O2S2/c1-5-7-8-11-17-15(16-6-2)18-12-13-9-10-14(22-13)23(20,21)19(3)4/h9-10H,5-8,11-12H2,1-4H3,(H2,16,17,18). The number of nitrogens with one attached hydrogen (secondary N) is 2. The number of guanidine groups is 1. The molecular weight excluding hydrogens is 332 g/mol. The summed E-state index contributed by atoms with van der Waals surface area (Å²) in [5, 5.41) is 6.50. The third kappa shape index (κ3) is 6.48. The molecule has 0 unspecified atom stereocenters. The Balaban J connectivity index is 2.67. The first kappa shape index (κ1) is 19.9. The van der Waals surface area contributed by atoms with Crippen LogP contribution in [0.5, 0.6) is 0 Å². The van der Waals surface area contributed by atoms with Crippen molar-refractivity contribution in [3.05, 3.63) is 17.0 Å². The van der Waals surface area contributed by atoms with Gasteiger partial charge in [0.15, 0.2) is 5.96 Å². The van der Waals surface area contributed by atoms with Crippen molar-refractivity contribution in [2.24, 2.45) is 4.99 Å².